The molecule has 138 valence electrons. The summed E-state index contributed by atoms with van der Waals surface area (Å²) in [5.74, 6) is -1.11. The molecule has 1 rings (SSSR count). The van der Waals surface area contributed by atoms with Crippen LogP contribution in [-0.4, -0.2) is 22.2 Å². The Bertz CT molecular complexity index is 466. The number of hydrogen-bond donors (Lipinski definition) is 2. The van der Waals surface area contributed by atoms with Gasteiger partial charge in [0.2, 0.25) is 0 Å². The van der Waals surface area contributed by atoms with Crippen LogP contribution in [0.2, 0.25) is 0 Å². The van der Waals surface area contributed by atoms with E-state index in [0.29, 0.717) is 31.6 Å². The highest BCUT2D eigenvalue weighted by atomic mass is 16.4. The van der Waals surface area contributed by atoms with Crippen LogP contribution >= 0.6 is 0 Å². The first-order chi connectivity index (χ1) is 11.2. The van der Waals surface area contributed by atoms with Gasteiger partial charge in [-0.3, -0.25) is 9.59 Å². The van der Waals surface area contributed by atoms with Crippen molar-refractivity contribution in [2.45, 2.75) is 79.1 Å². The molecule has 4 heteroatoms. The molecule has 0 aliphatic heterocycles. The fraction of sp³-hybridized carbons (Fsp3) is 0.800. The summed E-state index contributed by atoms with van der Waals surface area (Å²) in [6, 6.07) is 0. The summed E-state index contributed by atoms with van der Waals surface area (Å²) >= 11 is 0. The lowest BCUT2D eigenvalue weighted by molar-refractivity contribution is -0.178. The summed E-state index contributed by atoms with van der Waals surface area (Å²) < 4.78 is 0. The molecule has 2 N–H and O–H groups in total. The van der Waals surface area contributed by atoms with Gasteiger partial charge in [-0.2, -0.15) is 0 Å². The van der Waals surface area contributed by atoms with Crippen LogP contribution in [0.25, 0.3) is 0 Å². The molecule has 0 spiro atoms. The number of carboxylic acids is 2. The second-order valence-electron chi connectivity index (χ2n) is 8.25. The first-order valence-electron chi connectivity index (χ1n) is 9.30. The molecule has 0 bridgehead atoms. The molecule has 0 radical (unpaired) electrons. The van der Waals surface area contributed by atoms with Crippen molar-refractivity contribution < 1.29 is 19.8 Å². The number of carboxylic acid groups (broad SMARTS) is 2. The molecule has 1 aliphatic carbocycles. The zero-order valence-electron chi connectivity index (χ0n) is 15.7. The quantitative estimate of drug-likeness (QED) is 0.428. The largest absolute Gasteiger partial charge is 0.481 e. The van der Waals surface area contributed by atoms with Gasteiger partial charge in [0.1, 0.15) is 0 Å². The van der Waals surface area contributed by atoms with Gasteiger partial charge in [0.15, 0.2) is 0 Å². The number of hydrogen-bond acceptors (Lipinski definition) is 2. The van der Waals surface area contributed by atoms with E-state index in [-0.39, 0.29) is 5.92 Å². The van der Waals surface area contributed by atoms with E-state index in [9.17, 15) is 19.8 Å². The molecule has 0 heterocycles. The van der Waals surface area contributed by atoms with Crippen molar-refractivity contribution in [2.24, 2.45) is 22.7 Å². The highest BCUT2D eigenvalue weighted by Gasteiger charge is 2.60. The molecule has 2 unspecified atom stereocenters. The normalized spacial score (nSPS) is 26.9. The van der Waals surface area contributed by atoms with E-state index in [1.165, 1.54) is 0 Å². The van der Waals surface area contributed by atoms with Crippen LogP contribution in [0.4, 0.5) is 0 Å². The predicted molar refractivity (Wildman–Crippen MR) is 95.9 cm³/mol. The Labute approximate surface area is 146 Å². The highest BCUT2D eigenvalue weighted by Crippen LogP contribution is 2.55. The van der Waals surface area contributed by atoms with E-state index in [1.54, 1.807) is 0 Å². The van der Waals surface area contributed by atoms with Gasteiger partial charge in [0, 0.05) is 0 Å². The summed E-state index contributed by atoms with van der Waals surface area (Å²) in [5, 5.41) is 20.0. The Morgan fingerprint density at radius 2 is 1.42 bits per heavy atom. The van der Waals surface area contributed by atoms with E-state index in [2.05, 4.69) is 13.8 Å². The second kappa shape index (κ2) is 8.68. The lowest BCUT2D eigenvalue weighted by Crippen LogP contribution is -2.54. The van der Waals surface area contributed by atoms with Crippen LogP contribution in [0, 0.1) is 22.7 Å². The monoisotopic (exact) mass is 338 g/mol. The van der Waals surface area contributed by atoms with Crippen molar-refractivity contribution in [3.63, 3.8) is 0 Å². The first-order valence-corrected chi connectivity index (χ1v) is 9.30. The van der Waals surface area contributed by atoms with Gasteiger partial charge in [-0.1, -0.05) is 65.5 Å². The Hall–Kier alpha value is -1.32. The Morgan fingerprint density at radius 3 is 1.88 bits per heavy atom. The topological polar surface area (TPSA) is 74.6 Å². The van der Waals surface area contributed by atoms with Crippen LogP contribution in [0.3, 0.4) is 0 Å². The molecule has 0 aromatic rings. The molecule has 0 saturated carbocycles. The van der Waals surface area contributed by atoms with Gasteiger partial charge in [-0.15, -0.1) is 0 Å². The lowest BCUT2D eigenvalue weighted by Gasteiger charge is -2.47. The van der Waals surface area contributed by atoms with E-state index in [0.717, 1.165) is 25.7 Å². The number of aliphatic carboxylic acids is 2. The molecule has 0 aromatic heterocycles. The third-order valence-corrected chi connectivity index (χ3v) is 5.48. The number of allylic oxidation sites excluding steroid dienone is 2. The van der Waals surface area contributed by atoms with Gasteiger partial charge in [-0.05, 0) is 37.5 Å². The van der Waals surface area contributed by atoms with Gasteiger partial charge in [0.25, 0.3) is 0 Å². The fourth-order valence-electron chi connectivity index (χ4n) is 4.21. The molecular formula is C20H34O4. The van der Waals surface area contributed by atoms with Crippen LogP contribution in [0.5, 0.6) is 0 Å². The predicted octanol–water partition coefficient (Wildman–Crippen LogP) is 5.13. The number of rotatable bonds is 10. The maximum absolute atomic E-state index is 12.3. The molecule has 0 aromatic carbocycles. The molecule has 0 amide bonds. The summed E-state index contributed by atoms with van der Waals surface area (Å²) in [6.45, 7) is 8.31. The Morgan fingerprint density at radius 1 is 0.875 bits per heavy atom. The van der Waals surface area contributed by atoms with Gasteiger partial charge in [0.05, 0.1) is 10.8 Å². The summed E-state index contributed by atoms with van der Waals surface area (Å²) in [6.07, 6.45) is 9.18. The zero-order chi connectivity index (χ0) is 18.4. The fourth-order valence-corrected chi connectivity index (χ4v) is 4.21. The molecule has 0 saturated heterocycles. The standard InChI is InChI=1S/C20H34O4/c1-15(2)10-6-5-7-11-19(17(21)22)12-8-9-13-20(19,18(23)24)14-16(3)4/h8-9,15-16H,5-7,10-14H2,1-4H3,(H,21,22)(H,23,24). The van der Waals surface area contributed by atoms with Crippen molar-refractivity contribution in [2.75, 3.05) is 0 Å². The summed E-state index contributed by atoms with van der Waals surface area (Å²) in [7, 11) is 0. The van der Waals surface area contributed by atoms with Gasteiger partial charge < -0.3 is 10.2 Å². The summed E-state index contributed by atoms with van der Waals surface area (Å²) in [5.41, 5.74) is -2.38. The van der Waals surface area contributed by atoms with Crippen LogP contribution in [0.1, 0.15) is 79.1 Å². The van der Waals surface area contributed by atoms with Crippen LogP contribution < -0.4 is 0 Å². The minimum atomic E-state index is -1.19. The SMILES string of the molecule is CC(C)CCCCCC1(C(=O)O)CC=CCC1(CC(C)C)C(=O)O. The second-order valence-corrected chi connectivity index (χ2v) is 8.25. The summed E-state index contributed by atoms with van der Waals surface area (Å²) in [4.78, 5) is 24.5. The number of unbranched alkanes of at least 4 members (excludes halogenated alkanes) is 2. The smallest absolute Gasteiger partial charge is 0.311 e. The van der Waals surface area contributed by atoms with Crippen molar-refractivity contribution in [3.8, 4) is 0 Å². The molecule has 4 nitrogen and oxygen atoms in total. The molecule has 2 atom stereocenters. The Balaban J connectivity index is 3.03. The minimum absolute atomic E-state index is 0.146. The van der Waals surface area contributed by atoms with E-state index >= 15 is 0 Å². The maximum atomic E-state index is 12.3. The van der Waals surface area contributed by atoms with Crippen molar-refractivity contribution in [3.05, 3.63) is 12.2 Å². The van der Waals surface area contributed by atoms with Gasteiger partial charge >= 0.3 is 11.9 Å². The average Bonchev–Trinajstić information content (AvgIpc) is 2.47. The van der Waals surface area contributed by atoms with E-state index in [4.69, 9.17) is 0 Å². The third-order valence-electron chi connectivity index (χ3n) is 5.48. The molecule has 1 aliphatic rings. The van der Waals surface area contributed by atoms with Crippen molar-refractivity contribution in [1.82, 2.24) is 0 Å². The minimum Gasteiger partial charge on any atom is -0.481 e. The van der Waals surface area contributed by atoms with E-state index < -0.39 is 22.8 Å². The van der Waals surface area contributed by atoms with Crippen molar-refractivity contribution >= 4 is 11.9 Å². The van der Waals surface area contributed by atoms with Crippen LogP contribution in [-0.2, 0) is 9.59 Å². The van der Waals surface area contributed by atoms with Crippen molar-refractivity contribution in [1.29, 1.82) is 0 Å². The molecule has 24 heavy (non-hydrogen) atoms. The first kappa shape index (κ1) is 20.7. The van der Waals surface area contributed by atoms with E-state index in [1.807, 2.05) is 26.0 Å². The maximum Gasteiger partial charge on any atom is 0.311 e. The third kappa shape index (κ3) is 4.40. The van der Waals surface area contributed by atoms with Gasteiger partial charge in [-0.25, -0.2) is 0 Å². The lowest BCUT2D eigenvalue weighted by atomic mass is 9.53. The van der Waals surface area contributed by atoms with Crippen LogP contribution in [0.15, 0.2) is 12.2 Å². The molecular weight excluding hydrogens is 304 g/mol. The average molecular weight is 338 g/mol. The highest BCUT2D eigenvalue weighted by molar-refractivity contribution is 5.87. The Kier molecular flexibility index (Phi) is 7.50. The zero-order valence-corrected chi connectivity index (χ0v) is 15.7. The molecule has 0 fully saturated rings. The number of carbonyl (C=O) groups is 2.